The van der Waals surface area contributed by atoms with Crippen LogP contribution in [0.5, 0.6) is 0 Å². The third-order valence-corrected chi connectivity index (χ3v) is 10.8. The fourth-order valence-electron chi connectivity index (χ4n) is 8.73. The Balaban J connectivity index is 1.24. The van der Waals surface area contributed by atoms with Crippen LogP contribution in [-0.2, 0) is 30.4 Å². The monoisotopic (exact) mass is 586 g/mol. The van der Waals surface area contributed by atoms with Gasteiger partial charge in [-0.15, -0.1) is 0 Å². The maximum atomic E-state index is 12.6. The zero-order valence-electron chi connectivity index (χ0n) is 24.5. The summed E-state index contributed by atoms with van der Waals surface area (Å²) in [4.78, 5) is 49.4. The Kier molecular flexibility index (Phi) is 8.34. The number of aromatic amines is 1. The molecule has 0 bridgehead atoms. The molecule has 4 aliphatic rings. The third kappa shape index (κ3) is 5.07. The number of carbonyl (C=O) groups is 3. The van der Waals surface area contributed by atoms with Crippen molar-refractivity contribution in [2.24, 2.45) is 33.7 Å². The number of Topliss-reactive ketones (excluding diaryl/α,β-unsaturated/α-hetero) is 1. The van der Waals surface area contributed by atoms with Gasteiger partial charge in [-0.1, -0.05) is 24.6 Å². The van der Waals surface area contributed by atoms with Crippen LogP contribution < -0.4 is 5.32 Å². The number of aliphatic hydroxyl groups is 3. The molecule has 1 aromatic rings. The molecule has 3 fully saturated rings. The van der Waals surface area contributed by atoms with Gasteiger partial charge in [0.15, 0.2) is 12.4 Å². The topological polar surface area (TPSA) is 183 Å². The number of oxime groups is 1. The largest absolute Gasteiger partial charge is 0.467 e. The number of ether oxygens (including phenoxy) is 1. The van der Waals surface area contributed by atoms with Crippen LogP contribution in [0.15, 0.2) is 29.3 Å². The van der Waals surface area contributed by atoms with Gasteiger partial charge in [0.2, 0.25) is 0 Å². The van der Waals surface area contributed by atoms with Gasteiger partial charge >= 0.3 is 5.97 Å². The number of aliphatic hydroxyl groups excluding tert-OH is 2. The van der Waals surface area contributed by atoms with Crippen molar-refractivity contribution < 1.29 is 39.3 Å². The predicted molar refractivity (Wildman–Crippen MR) is 150 cm³/mol. The number of hydrogen-bond donors (Lipinski definition) is 5. The van der Waals surface area contributed by atoms with Crippen LogP contribution in [0.2, 0.25) is 0 Å². The Bertz CT molecular complexity index is 1260. The summed E-state index contributed by atoms with van der Waals surface area (Å²) in [5.41, 5.74) is -0.0624. The van der Waals surface area contributed by atoms with Crippen LogP contribution in [0.25, 0.3) is 0 Å². The molecule has 0 aromatic carbocycles. The van der Waals surface area contributed by atoms with Crippen LogP contribution in [0, 0.1) is 28.6 Å². The second kappa shape index (κ2) is 11.5. The Hall–Kier alpha value is -3.09. The van der Waals surface area contributed by atoms with E-state index >= 15 is 0 Å². The molecule has 5 N–H and O–H groups in total. The van der Waals surface area contributed by atoms with Gasteiger partial charge in [0.05, 0.1) is 25.3 Å². The standard InChI is InChI=1S/C30H42N4O8/c1-28-8-6-18(34-42-15-25(38)33-22(27(39)41-3)11-19-13-31-16-32-19)10-17(28)4-5-20-21-7-9-30(40,24(37)14-35)29(21,2)12-23(36)26(20)28/h10,13,16,20-23,26,35-36,40H,4-9,11-12,14-15H2,1-3H3,(H,31,32)(H,33,38)/b34-18-/t20-,21-,22-,23+,26+,28-,29-,30-/m0/s1. The Morgan fingerprint density at radius 2 is 2.02 bits per heavy atom. The first kappa shape index (κ1) is 30.4. The molecule has 0 saturated heterocycles. The van der Waals surface area contributed by atoms with Crippen molar-refractivity contribution >= 4 is 23.4 Å². The molecular formula is C30H42N4O8. The van der Waals surface area contributed by atoms with Gasteiger partial charge < -0.3 is 35.2 Å². The predicted octanol–water partition coefficient (Wildman–Crippen LogP) is 1.21. The minimum absolute atomic E-state index is 0.0134. The summed E-state index contributed by atoms with van der Waals surface area (Å²) in [7, 11) is 1.26. The average molecular weight is 587 g/mol. The van der Waals surface area contributed by atoms with Crippen LogP contribution in [0.1, 0.15) is 64.5 Å². The van der Waals surface area contributed by atoms with Crippen molar-refractivity contribution in [2.45, 2.75) is 83.0 Å². The molecule has 3 saturated carbocycles. The maximum absolute atomic E-state index is 12.6. The van der Waals surface area contributed by atoms with E-state index in [0.717, 1.165) is 25.0 Å². The molecular weight excluding hydrogens is 544 g/mol. The van der Waals surface area contributed by atoms with Crippen molar-refractivity contribution in [1.29, 1.82) is 0 Å². The summed E-state index contributed by atoms with van der Waals surface area (Å²) in [6.45, 7) is 3.05. The highest BCUT2D eigenvalue weighted by Crippen LogP contribution is 2.67. The van der Waals surface area contributed by atoms with Crippen molar-refractivity contribution in [1.82, 2.24) is 15.3 Å². The zero-order valence-corrected chi connectivity index (χ0v) is 24.5. The molecule has 1 amide bonds. The molecule has 1 aromatic heterocycles. The summed E-state index contributed by atoms with van der Waals surface area (Å²) in [6, 6.07) is -0.895. The first-order valence-corrected chi connectivity index (χ1v) is 14.8. The number of aromatic nitrogens is 2. The number of rotatable bonds is 9. The van der Waals surface area contributed by atoms with E-state index in [1.54, 1.807) is 6.20 Å². The van der Waals surface area contributed by atoms with E-state index in [4.69, 9.17) is 9.57 Å². The minimum Gasteiger partial charge on any atom is -0.467 e. The van der Waals surface area contributed by atoms with Crippen molar-refractivity contribution in [3.63, 3.8) is 0 Å². The van der Waals surface area contributed by atoms with Crippen LogP contribution in [0.4, 0.5) is 0 Å². The van der Waals surface area contributed by atoms with Crippen LogP contribution in [-0.4, -0.2) is 86.7 Å². The quantitative estimate of drug-likeness (QED) is 0.210. The number of hydrogen-bond acceptors (Lipinski definition) is 10. The fraction of sp³-hybridized carbons (Fsp3) is 0.700. The molecule has 0 aliphatic heterocycles. The smallest absolute Gasteiger partial charge is 0.328 e. The van der Waals surface area contributed by atoms with Gasteiger partial charge in [0, 0.05) is 23.7 Å². The first-order valence-electron chi connectivity index (χ1n) is 14.8. The number of amides is 1. The minimum atomic E-state index is -1.61. The first-order chi connectivity index (χ1) is 20.0. The van der Waals surface area contributed by atoms with E-state index in [9.17, 15) is 29.7 Å². The number of allylic oxidation sites excluding steroid dienone is 2. The van der Waals surface area contributed by atoms with Gasteiger partial charge in [-0.05, 0) is 74.2 Å². The Morgan fingerprint density at radius 3 is 2.71 bits per heavy atom. The van der Waals surface area contributed by atoms with E-state index in [0.29, 0.717) is 31.4 Å². The van der Waals surface area contributed by atoms with Crippen molar-refractivity contribution in [2.75, 3.05) is 20.3 Å². The lowest BCUT2D eigenvalue weighted by molar-refractivity contribution is -0.181. The highest BCUT2D eigenvalue weighted by Gasteiger charge is 2.68. The number of H-pyrrole nitrogens is 1. The molecule has 12 heteroatoms. The van der Waals surface area contributed by atoms with Gasteiger partial charge in [0.25, 0.3) is 5.91 Å². The van der Waals surface area contributed by atoms with E-state index in [-0.39, 0.29) is 36.2 Å². The van der Waals surface area contributed by atoms with Crippen LogP contribution >= 0.6 is 0 Å². The second-order valence-corrected chi connectivity index (χ2v) is 12.9. The SMILES string of the molecule is COC(=O)[C@H](Cc1cnc[nH]1)NC(=O)CO/N=C1\C=C2CC[C@@H]3[C@H]([C@H](O)C[C@@]4(C)[C@H]3CC[C@]4(O)C(=O)CO)[C@@]2(C)CC1. The highest BCUT2D eigenvalue weighted by molar-refractivity contribution is 5.96. The van der Waals surface area contributed by atoms with Crippen molar-refractivity contribution in [3.05, 3.63) is 29.9 Å². The summed E-state index contributed by atoms with van der Waals surface area (Å²) >= 11 is 0. The molecule has 42 heavy (non-hydrogen) atoms. The lowest BCUT2D eigenvalue weighted by Gasteiger charge is -2.60. The lowest BCUT2D eigenvalue weighted by Crippen LogP contribution is -2.62. The molecule has 0 unspecified atom stereocenters. The molecule has 0 radical (unpaired) electrons. The zero-order chi connectivity index (χ0) is 30.3. The van der Waals surface area contributed by atoms with E-state index in [2.05, 4.69) is 27.4 Å². The highest BCUT2D eigenvalue weighted by atomic mass is 16.6. The van der Waals surface area contributed by atoms with Crippen molar-refractivity contribution in [3.8, 4) is 0 Å². The molecule has 0 spiro atoms. The van der Waals surface area contributed by atoms with E-state index in [1.807, 2.05) is 13.0 Å². The van der Waals surface area contributed by atoms with Crippen LogP contribution in [0.3, 0.4) is 0 Å². The summed E-state index contributed by atoms with van der Waals surface area (Å²) in [6.07, 6.45) is 8.90. The van der Waals surface area contributed by atoms with Gasteiger partial charge in [0.1, 0.15) is 18.2 Å². The number of ketones is 1. The fourth-order valence-corrected chi connectivity index (χ4v) is 8.73. The lowest BCUT2D eigenvalue weighted by atomic mass is 9.45. The molecule has 8 atom stereocenters. The number of esters is 1. The number of nitrogens with one attached hydrogen (secondary N) is 2. The molecule has 12 nitrogen and oxygen atoms in total. The number of imidazole rings is 1. The molecule has 230 valence electrons. The number of carbonyl (C=O) groups excluding carboxylic acids is 3. The average Bonchev–Trinajstić information content (AvgIpc) is 3.57. The summed E-state index contributed by atoms with van der Waals surface area (Å²) in [5.74, 6) is -1.41. The summed E-state index contributed by atoms with van der Waals surface area (Å²) < 4.78 is 4.80. The Morgan fingerprint density at radius 1 is 1.24 bits per heavy atom. The maximum Gasteiger partial charge on any atom is 0.328 e. The third-order valence-electron chi connectivity index (χ3n) is 10.8. The molecule has 5 rings (SSSR count). The summed E-state index contributed by atoms with van der Waals surface area (Å²) in [5, 5.41) is 39.3. The second-order valence-electron chi connectivity index (χ2n) is 12.9. The number of methoxy groups -OCH3 is 1. The van der Waals surface area contributed by atoms with E-state index in [1.165, 1.54) is 19.0 Å². The van der Waals surface area contributed by atoms with E-state index < -0.39 is 47.4 Å². The molecule has 4 aliphatic carbocycles. The normalized spacial score (nSPS) is 37.1. The van der Waals surface area contributed by atoms with Gasteiger partial charge in [-0.2, -0.15) is 0 Å². The van der Waals surface area contributed by atoms with Gasteiger partial charge in [-0.3, -0.25) is 9.59 Å². The van der Waals surface area contributed by atoms with Gasteiger partial charge in [-0.25, -0.2) is 9.78 Å². The number of fused-ring (bicyclic) bond motifs is 5. The number of nitrogens with zero attached hydrogens (tertiary/aromatic N) is 2. The molecule has 1 heterocycles. The Labute approximate surface area is 244 Å².